The smallest absolute Gasteiger partial charge is 0.267 e. The minimum atomic E-state index is -0.545. The van der Waals surface area contributed by atoms with Gasteiger partial charge in [-0.05, 0) is 79.9 Å². The average molecular weight is 673 g/mol. The van der Waals surface area contributed by atoms with Crippen LogP contribution in [-0.4, -0.2) is 67.5 Å². The van der Waals surface area contributed by atoms with Crippen molar-refractivity contribution in [1.29, 1.82) is 0 Å². The number of rotatable bonds is 16. The van der Waals surface area contributed by atoms with Crippen LogP contribution in [-0.2, 0) is 29.0 Å². The number of unbranched alkanes of at least 4 members (excludes halogenated alkanes) is 3. The van der Waals surface area contributed by atoms with E-state index in [-0.39, 0.29) is 0 Å². The molecule has 1 aliphatic rings. The van der Waals surface area contributed by atoms with Crippen molar-refractivity contribution in [2.45, 2.75) is 84.7 Å². The summed E-state index contributed by atoms with van der Waals surface area (Å²) in [6.45, 7) is 11.3. The van der Waals surface area contributed by atoms with Gasteiger partial charge in [-0.3, -0.25) is 20.0 Å². The van der Waals surface area contributed by atoms with E-state index in [0.717, 1.165) is 116 Å². The Morgan fingerprint density at radius 2 is 1.47 bits per heavy atom. The van der Waals surface area contributed by atoms with Crippen molar-refractivity contribution in [2.24, 2.45) is 0 Å². The first-order valence-electron chi connectivity index (χ1n) is 17.6. The Kier molecular flexibility index (Phi) is 15.0. The molecule has 1 fully saturated rings. The normalized spacial score (nSPS) is 14.6. The molecule has 6 N–H and O–H groups in total. The Hall–Kier alpha value is -4.36. The second kappa shape index (κ2) is 19.6. The lowest BCUT2D eigenvalue weighted by Crippen LogP contribution is -2.20. The molecule has 1 aliphatic heterocycles. The summed E-state index contributed by atoms with van der Waals surface area (Å²) in [7, 11) is 0. The third kappa shape index (κ3) is 10.6. The molecule has 1 atom stereocenters. The maximum Gasteiger partial charge on any atom is 0.267 e. The van der Waals surface area contributed by atoms with Crippen LogP contribution in [0.3, 0.4) is 0 Å². The lowest BCUT2D eigenvalue weighted by Gasteiger charge is -2.15. The second-order valence-electron chi connectivity index (χ2n) is 12.3. The fraction of sp³-hybridized carbons (Fsp3) is 0.459. The highest BCUT2D eigenvalue weighted by atomic mass is 16.5. The van der Waals surface area contributed by atoms with Crippen LogP contribution in [0.1, 0.15) is 88.1 Å². The van der Waals surface area contributed by atoms with E-state index in [4.69, 9.17) is 20.4 Å². The van der Waals surface area contributed by atoms with Crippen molar-refractivity contribution >= 4 is 46.0 Å². The number of carbonyl (C=O) groups excluding carboxylic acids is 2. The van der Waals surface area contributed by atoms with Crippen LogP contribution in [0, 0.1) is 0 Å². The number of nitrogens with zero attached hydrogens (tertiary/aromatic N) is 4. The number of amides is 2. The van der Waals surface area contributed by atoms with Crippen LogP contribution in [0.25, 0.3) is 34.2 Å². The second-order valence-corrected chi connectivity index (χ2v) is 12.3. The number of nitrogens with one attached hydrogen (secondary N) is 4. The number of aryl methyl sites for hydroxylation is 2. The van der Waals surface area contributed by atoms with Crippen LogP contribution >= 0.6 is 0 Å². The zero-order chi connectivity index (χ0) is 35.0. The van der Waals surface area contributed by atoms with E-state index in [9.17, 15) is 9.59 Å². The van der Waals surface area contributed by atoms with Gasteiger partial charge in [-0.15, -0.1) is 0 Å². The quantitative estimate of drug-likeness (QED) is 0.0404. The van der Waals surface area contributed by atoms with Gasteiger partial charge >= 0.3 is 0 Å². The van der Waals surface area contributed by atoms with Crippen molar-refractivity contribution < 1.29 is 20.0 Å². The molecule has 0 radical (unpaired) electrons. The lowest BCUT2D eigenvalue weighted by molar-refractivity contribution is -0.124. The van der Waals surface area contributed by atoms with Gasteiger partial charge in [0.15, 0.2) is 0 Å². The number of benzene rings is 2. The molecule has 0 aliphatic carbocycles. The Morgan fingerprint density at radius 1 is 0.857 bits per heavy atom. The number of aromatic nitrogens is 4. The highest BCUT2D eigenvalue weighted by Gasteiger charge is 2.22. The van der Waals surface area contributed by atoms with Crippen molar-refractivity contribution in [3.05, 3.63) is 71.3 Å². The van der Waals surface area contributed by atoms with Gasteiger partial charge in [-0.2, -0.15) is 0 Å². The number of fused-ring (bicyclic) bond motifs is 2. The van der Waals surface area contributed by atoms with Crippen molar-refractivity contribution in [1.82, 2.24) is 40.7 Å². The first-order chi connectivity index (χ1) is 23.9. The van der Waals surface area contributed by atoms with Crippen LogP contribution in [0.15, 0.2) is 48.6 Å². The topological polar surface area (TPSA) is 158 Å². The summed E-state index contributed by atoms with van der Waals surface area (Å²) >= 11 is 0. The zero-order valence-electron chi connectivity index (χ0n) is 29.0. The predicted octanol–water partition coefficient (Wildman–Crippen LogP) is 5.33. The van der Waals surface area contributed by atoms with E-state index in [2.05, 4.69) is 46.6 Å². The van der Waals surface area contributed by atoms with E-state index in [1.165, 1.54) is 25.0 Å². The molecule has 0 spiro atoms. The summed E-state index contributed by atoms with van der Waals surface area (Å²) in [6, 6.07) is 12.5. The molecule has 2 amide bonds. The van der Waals surface area contributed by atoms with Gasteiger partial charge in [-0.25, -0.2) is 20.9 Å². The molecule has 49 heavy (non-hydrogen) atoms. The molecule has 4 aromatic rings. The van der Waals surface area contributed by atoms with Crippen molar-refractivity contribution in [2.75, 3.05) is 26.2 Å². The molecule has 2 aromatic heterocycles. The number of imidazole rings is 2. The largest absolute Gasteiger partial charge is 0.327 e. The van der Waals surface area contributed by atoms with E-state index in [1.807, 2.05) is 30.3 Å². The number of carbonyl (C=O) groups is 2. The summed E-state index contributed by atoms with van der Waals surface area (Å²) in [5.74, 6) is 1.18. The average Bonchev–Trinajstić information content (AvgIpc) is 3.86. The molecule has 2 aromatic carbocycles. The molecule has 5 rings (SSSR count). The predicted molar refractivity (Wildman–Crippen MR) is 194 cm³/mol. The third-order valence-corrected chi connectivity index (χ3v) is 8.63. The van der Waals surface area contributed by atoms with Crippen LogP contribution in [0.2, 0.25) is 0 Å². The van der Waals surface area contributed by atoms with Gasteiger partial charge < -0.3 is 19.8 Å². The van der Waals surface area contributed by atoms with E-state index < -0.39 is 11.8 Å². The van der Waals surface area contributed by atoms with E-state index in [1.54, 1.807) is 23.1 Å². The molecule has 0 saturated carbocycles. The van der Waals surface area contributed by atoms with Crippen LogP contribution in [0.5, 0.6) is 0 Å². The number of hydrogen-bond donors (Lipinski definition) is 6. The molecule has 3 heterocycles. The monoisotopic (exact) mass is 672 g/mol. The zero-order valence-corrected chi connectivity index (χ0v) is 29.0. The summed E-state index contributed by atoms with van der Waals surface area (Å²) < 4.78 is 4.68. The first kappa shape index (κ1) is 37.5. The molecular formula is C37H52N8O4. The molecule has 264 valence electrons. The van der Waals surface area contributed by atoms with Gasteiger partial charge in [0, 0.05) is 50.7 Å². The highest BCUT2D eigenvalue weighted by Crippen LogP contribution is 2.27. The third-order valence-electron chi connectivity index (χ3n) is 8.63. The van der Waals surface area contributed by atoms with Gasteiger partial charge in [0.1, 0.15) is 11.6 Å². The molecule has 0 bridgehead atoms. The van der Waals surface area contributed by atoms with Gasteiger partial charge in [-0.1, -0.05) is 52.2 Å². The molecule has 12 nitrogen and oxygen atoms in total. The molecular weight excluding hydrogens is 620 g/mol. The van der Waals surface area contributed by atoms with Crippen molar-refractivity contribution in [3.8, 4) is 0 Å². The minimum absolute atomic E-state index is 0.461. The van der Waals surface area contributed by atoms with Gasteiger partial charge in [0.25, 0.3) is 11.8 Å². The Bertz CT molecular complexity index is 1720. The summed E-state index contributed by atoms with van der Waals surface area (Å²) in [4.78, 5) is 31.9. The van der Waals surface area contributed by atoms with Crippen molar-refractivity contribution in [3.63, 3.8) is 0 Å². The van der Waals surface area contributed by atoms with Crippen LogP contribution in [0.4, 0.5) is 0 Å². The maximum absolute atomic E-state index is 11.1. The Morgan fingerprint density at radius 3 is 2.06 bits per heavy atom. The molecule has 1 saturated heterocycles. The van der Waals surface area contributed by atoms with E-state index in [0.29, 0.717) is 6.04 Å². The first-order valence-corrected chi connectivity index (χ1v) is 17.6. The summed E-state index contributed by atoms with van der Waals surface area (Å²) in [5, 5.41) is 23.9. The fourth-order valence-corrected chi connectivity index (χ4v) is 6.11. The maximum atomic E-state index is 11.1. The minimum Gasteiger partial charge on any atom is -0.327 e. The molecule has 1 unspecified atom stereocenters. The van der Waals surface area contributed by atoms with Gasteiger partial charge in [0.05, 0.1) is 22.1 Å². The van der Waals surface area contributed by atoms with E-state index >= 15 is 0 Å². The fourth-order valence-electron chi connectivity index (χ4n) is 6.11. The Balaban J connectivity index is 0.000000221. The number of likely N-dealkylation sites (N-methyl/N-ethyl adjacent to an activating group) is 1. The molecule has 12 heteroatoms. The highest BCUT2D eigenvalue weighted by molar-refractivity contribution is 5.92. The SMILES string of the molecule is CCCCCc1nc2cc(C=CC(=O)NO)ccc2n1CCNCC.CCCCc1nc2cc(C=CC(=O)NO)ccc2n1C1CCNC1. The standard InChI is InChI=1S/C19H28N4O2.C18H24N4O2/c1-3-5-6-7-18-21-16-14-15(9-11-19(24)22-25)8-10-17(16)23(18)13-12-20-4-2;1-2-3-4-17-20-15-11-13(6-8-18(23)21-24)5-7-16(15)22(17)14-9-10-19-12-14/h8-11,14,20,25H,3-7,12-13H2,1-2H3,(H,22,24);5-8,11,14,19,24H,2-4,9-10,12H2,1H3,(H,21,23). The number of hydroxylamine groups is 2. The number of hydrogen-bond acceptors (Lipinski definition) is 8. The lowest BCUT2D eigenvalue weighted by atomic mass is 10.1. The van der Waals surface area contributed by atoms with Crippen LogP contribution < -0.4 is 21.6 Å². The Labute approximate surface area is 288 Å². The summed E-state index contributed by atoms with van der Waals surface area (Å²) in [6.07, 6.45) is 14.9. The summed E-state index contributed by atoms with van der Waals surface area (Å²) in [5.41, 5.74) is 9.12. The van der Waals surface area contributed by atoms with Gasteiger partial charge in [0.2, 0.25) is 0 Å².